The minimum atomic E-state index is -0.488. The van der Waals surface area contributed by atoms with Crippen molar-refractivity contribution in [2.75, 3.05) is 13.7 Å². The zero-order chi connectivity index (χ0) is 15.9. The molecule has 2 aromatic rings. The van der Waals surface area contributed by atoms with Crippen LogP contribution in [0.2, 0.25) is 0 Å². The average Bonchev–Trinajstić information content (AvgIpc) is 2.55. The van der Waals surface area contributed by atoms with Crippen molar-refractivity contribution in [2.24, 2.45) is 0 Å². The van der Waals surface area contributed by atoms with Gasteiger partial charge in [0.25, 0.3) is 0 Å². The molecule has 3 nitrogen and oxygen atoms in total. The molecule has 0 aliphatic heterocycles. The summed E-state index contributed by atoms with van der Waals surface area (Å²) in [5.41, 5.74) is 2.09. The monoisotopic (exact) mass is 299 g/mol. The van der Waals surface area contributed by atoms with Crippen molar-refractivity contribution in [3.8, 4) is 5.75 Å². The Hall–Kier alpha value is -1.84. The molecule has 0 aromatic heterocycles. The molecule has 118 valence electrons. The van der Waals surface area contributed by atoms with Crippen LogP contribution < -0.4 is 4.74 Å². The van der Waals surface area contributed by atoms with E-state index in [9.17, 15) is 5.11 Å². The van der Waals surface area contributed by atoms with E-state index in [2.05, 4.69) is 24.8 Å². The summed E-state index contributed by atoms with van der Waals surface area (Å²) in [6, 6.07) is 18.2. The second kappa shape index (κ2) is 7.97. The van der Waals surface area contributed by atoms with Crippen molar-refractivity contribution in [1.29, 1.82) is 0 Å². The summed E-state index contributed by atoms with van der Waals surface area (Å²) in [6.45, 7) is 5.64. The molecule has 22 heavy (non-hydrogen) atoms. The molecule has 0 heterocycles. The summed E-state index contributed by atoms with van der Waals surface area (Å²) >= 11 is 0. The van der Waals surface area contributed by atoms with Gasteiger partial charge in [0.05, 0.1) is 13.2 Å². The van der Waals surface area contributed by atoms with E-state index in [0.717, 1.165) is 23.4 Å². The minimum absolute atomic E-state index is 0.336. The zero-order valence-corrected chi connectivity index (χ0v) is 13.6. The third kappa shape index (κ3) is 4.33. The second-order valence-corrected chi connectivity index (χ2v) is 5.76. The molecule has 0 radical (unpaired) electrons. The molecule has 0 aliphatic carbocycles. The van der Waals surface area contributed by atoms with Crippen LogP contribution in [0.5, 0.6) is 5.75 Å². The number of hydrogen-bond donors (Lipinski definition) is 1. The highest BCUT2D eigenvalue weighted by Gasteiger charge is 2.17. The van der Waals surface area contributed by atoms with Gasteiger partial charge in [-0.1, -0.05) is 48.5 Å². The van der Waals surface area contributed by atoms with Crippen molar-refractivity contribution in [3.63, 3.8) is 0 Å². The molecule has 3 heteroatoms. The summed E-state index contributed by atoms with van der Waals surface area (Å²) < 4.78 is 5.43. The Morgan fingerprint density at radius 2 is 1.64 bits per heavy atom. The van der Waals surface area contributed by atoms with Gasteiger partial charge in [0.2, 0.25) is 0 Å². The Morgan fingerprint density at radius 3 is 2.27 bits per heavy atom. The first-order valence-corrected chi connectivity index (χ1v) is 7.70. The average molecular weight is 299 g/mol. The molecule has 1 atom stereocenters. The fraction of sp³-hybridized carbons (Fsp3) is 0.368. The lowest BCUT2D eigenvalue weighted by Crippen LogP contribution is -2.34. The normalized spacial score (nSPS) is 12.6. The van der Waals surface area contributed by atoms with Crippen LogP contribution in [0.3, 0.4) is 0 Å². The highest BCUT2D eigenvalue weighted by Crippen LogP contribution is 2.22. The molecule has 0 saturated heterocycles. The Balaban J connectivity index is 2.10. The molecule has 1 unspecified atom stereocenters. The van der Waals surface area contributed by atoms with Gasteiger partial charge in [0, 0.05) is 24.7 Å². The van der Waals surface area contributed by atoms with Crippen LogP contribution >= 0.6 is 0 Å². The van der Waals surface area contributed by atoms with Gasteiger partial charge in [-0.05, 0) is 25.5 Å². The Bertz CT molecular complexity index is 569. The molecule has 0 saturated carbocycles. The highest BCUT2D eigenvalue weighted by molar-refractivity contribution is 5.33. The smallest absolute Gasteiger partial charge is 0.123 e. The quantitative estimate of drug-likeness (QED) is 0.847. The number of ether oxygens (including phenoxy) is 1. The van der Waals surface area contributed by atoms with Gasteiger partial charge in [-0.15, -0.1) is 0 Å². The van der Waals surface area contributed by atoms with E-state index < -0.39 is 6.10 Å². The van der Waals surface area contributed by atoms with Crippen LogP contribution in [0.1, 0.15) is 31.1 Å². The molecule has 0 amide bonds. The fourth-order valence-electron chi connectivity index (χ4n) is 2.51. The summed E-state index contributed by atoms with van der Waals surface area (Å²) in [5.74, 6) is 0.891. The summed E-state index contributed by atoms with van der Waals surface area (Å²) in [6.07, 6.45) is -0.488. The van der Waals surface area contributed by atoms with E-state index in [1.54, 1.807) is 7.11 Å². The van der Waals surface area contributed by atoms with Crippen molar-refractivity contribution >= 4 is 0 Å². The number of rotatable bonds is 7. The third-order valence-corrected chi connectivity index (χ3v) is 3.89. The topological polar surface area (TPSA) is 32.7 Å². The Kier molecular flexibility index (Phi) is 5.99. The lowest BCUT2D eigenvalue weighted by Gasteiger charge is -2.29. The molecule has 1 N–H and O–H groups in total. The Labute approximate surface area is 133 Å². The van der Waals surface area contributed by atoms with Crippen LogP contribution in [0, 0.1) is 0 Å². The summed E-state index contributed by atoms with van der Waals surface area (Å²) in [4.78, 5) is 2.26. The molecular formula is C19H25NO2. The molecule has 0 fully saturated rings. The zero-order valence-electron chi connectivity index (χ0n) is 13.6. The number of para-hydroxylation sites is 1. The molecule has 0 bridgehead atoms. The maximum absolute atomic E-state index is 10.5. The first-order valence-electron chi connectivity index (χ1n) is 7.70. The number of methoxy groups -OCH3 is 1. The molecule has 0 spiro atoms. The lowest BCUT2D eigenvalue weighted by molar-refractivity contribution is 0.0902. The van der Waals surface area contributed by atoms with Crippen LogP contribution in [0.25, 0.3) is 0 Å². The number of nitrogens with zero attached hydrogens (tertiary/aromatic N) is 1. The summed E-state index contributed by atoms with van der Waals surface area (Å²) in [7, 11) is 1.69. The maximum atomic E-state index is 10.5. The highest BCUT2D eigenvalue weighted by atomic mass is 16.5. The predicted molar refractivity (Wildman–Crippen MR) is 89.9 cm³/mol. The van der Waals surface area contributed by atoms with E-state index in [0.29, 0.717) is 12.6 Å². The van der Waals surface area contributed by atoms with Crippen molar-refractivity contribution in [1.82, 2.24) is 4.90 Å². The third-order valence-electron chi connectivity index (χ3n) is 3.89. The number of aliphatic hydroxyl groups is 1. The van der Waals surface area contributed by atoms with Gasteiger partial charge in [-0.2, -0.15) is 0 Å². The minimum Gasteiger partial charge on any atom is -0.496 e. The van der Waals surface area contributed by atoms with E-state index in [4.69, 9.17) is 4.74 Å². The SMILES string of the molecule is COc1ccccc1CN(CC(O)c1ccccc1)C(C)C. The Morgan fingerprint density at radius 1 is 1.00 bits per heavy atom. The first-order chi connectivity index (χ1) is 10.6. The van der Waals surface area contributed by atoms with Gasteiger partial charge in [0.1, 0.15) is 5.75 Å². The van der Waals surface area contributed by atoms with Crippen molar-refractivity contribution in [2.45, 2.75) is 32.5 Å². The number of hydrogen-bond acceptors (Lipinski definition) is 3. The van der Waals surface area contributed by atoms with Gasteiger partial charge < -0.3 is 9.84 Å². The van der Waals surface area contributed by atoms with Crippen LogP contribution in [0.4, 0.5) is 0 Å². The van der Waals surface area contributed by atoms with E-state index in [1.807, 2.05) is 48.5 Å². The largest absolute Gasteiger partial charge is 0.496 e. The fourth-order valence-corrected chi connectivity index (χ4v) is 2.51. The van der Waals surface area contributed by atoms with Gasteiger partial charge in [-0.25, -0.2) is 0 Å². The lowest BCUT2D eigenvalue weighted by atomic mass is 10.1. The van der Waals surface area contributed by atoms with Crippen LogP contribution in [0.15, 0.2) is 54.6 Å². The van der Waals surface area contributed by atoms with Gasteiger partial charge in [-0.3, -0.25) is 4.90 Å². The van der Waals surface area contributed by atoms with Gasteiger partial charge in [0.15, 0.2) is 0 Å². The van der Waals surface area contributed by atoms with E-state index >= 15 is 0 Å². The number of aliphatic hydroxyl groups excluding tert-OH is 1. The van der Waals surface area contributed by atoms with Crippen molar-refractivity contribution in [3.05, 3.63) is 65.7 Å². The van der Waals surface area contributed by atoms with E-state index in [-0.39, 0.29) is 0 Å². The van der Waals surface area contributed by atoms with Crippen LogP contribution in [-0.4, -0.2) is 29.7 Å². The number of benzene rings is 2. The standard InChI is InChI=1S/C19H25NO2/c1-15(2)20(13-17-11-7-8-12-19(17)22-3)14-18(21)16-9-5-4-6-10-16/h4-12,15,18,21H,13-14H2,1-3H3. The van der Waals surface area contributed by atoms with Gasteiger partial charge >= 0.3 is 0 Å². The molecule has 2 aromatic carbocycles. The van der Waals surface area contributed by atoms with Crippen LogP contribution in [-0.2, 0) is 6.54 Å². The molecular weight excluding hydrogens is 274 g/mol. The van der Waals surface area contributed by atoms with Crippen molar-refractivity contribution < 1.29 is 9.84 Å². The molecule has 0 aliphatic rings. The first kappa shape index (κ1) is 16.5. The molecule has 2 rings (SSSR count). The maximum Gasteiger partial charge on any atom is 0.123 e. The van der Waals surface area contributed by atoms with E-state index in [1.165, 1.54) is 0 Å². The summed E-state index contributed by atoms with van der Waals surface area (Å²) in [5, 5.41) is 10.5. The second-order valence-electron chi connectivity index (χ2n) is 5.76. The predicted octanol–water partition coefficient (Wildman–Crippen LogP) is 3.64.